The zero-order chi connectivity index (χ0) is 17.5. The van der Waals surface area contributed by atoms with Crippen molar-refractivity contribution < 1.29 is 9.21 Å². The summed E-state index contributed by atoms with van der Waals surface area (Å²) in [5.41, 5.74) is 3.40. The van der Waals surface area contributed by atoms with Crippen molar-refractivity contribution in [2.45, 2.75) is 44.1 Å². The van der Waals surface area contributed by atoms with Crippen LogP contribution < -0.4 is 0 Å². The van der Waals surface area contributed by atoms with E-state index in [2.05, 4.69) is 9.97 Å². The summed E-state index contributed by atoms with van der Waals surface area (Å²) < 4.78 is 5.98. The van der Waals surface area contributed by atoms with Crippen molar-refractivity contribution in [3.05, 3.63) is 59.7 Å². The summed E-state index contributed by atoms with van der Waals surface area (Å²) >= 11 is 0. The van der Waals surface area contributed by atoms with Gasteiger partial charge in [0.2, 0.25) is 5.89 Å². The third-order valence-corrected chi connectivity index (χ3v) is 5.38. The van der Waals surface area contributed by atoms with Gasteiger partial charge >= 0.3 is 0 Å². The molecule has 5 nitrogen and oxygen atoms in total. The molecule has 1 saturated carbocycles. The van der Waals surface area contributed by atoms with Crippen molar-refractivity contribution in [3.8, 4) is 0 Å². The highest BCUT2D eigenvalue weighted by Crippen LogP contribution is 2.39. The number of oxazole rings is 1. The van der Waals surface area contributed by atoms with Crippen LogP contribution in [0.15, 0.2) is 47.0 Å². The van der Waals surface area contributed by atoms with Crippen molar-refractivity contribution in [2.75, 3.05) is 6.54 Å². The Morgan fingerprint density at radius 2 is 2.00 bits per heavy atom. The van der Waals surface area contributed by atoms with Crippen molar-refractivity contribution in [1.29, 1.82) is 0 Å². The molecule has 2 aliphatic rings. The number of nitrogens with zero attached hydrogens (tertiary/aromatic N) is 3. The molecule has 2 fully saturated rings. The van der Waals surface area contributed by atoms with Gasteiger partial charge in [-0.1, -0.05) is 12.1 Å². The summed E-state index contributed by atoms with van der Waals surface area (Å²) in [7, 11) is 0. The van der Waals surface area contributed by atoms with Crippen molar-refractivity contribution in [3.63, 3.8) is 0 Å². The summed E-state index contributed by atoms with van der Waals surface area (Å²) in [5.74, 6) is 1.24. The number of amides is 1. The molecule has 3 aromatic rings. The molecule has 1 amide bonds. The van der Waals surface area contributed by atoms with Crippen LogP contribution in [0.4, 0.5) is 0 Å². The molecule has 1 aliphatic carbocycles. The lowest BCUT2D eigenvalue weighted by molar-refractivity contribution is 0.0574. The largest absolute Gasteiger partial charge is 0.438 e. The van der Waals surface area contributed by atoms with Crippen LogP contribution in [0.2, 0.25) is 0 Å². The lowest BCUT2D eigenvalue weighted by Crippen LogP contribution is -2.38. The van der Waals surface area contributed by atoms with Gasteiger partial charge in [-0.15, -0.1) is 0 Å². The van der Waals surface area contributed by atoms with E-state index < -0.39 is 0 Å². The molecule has 5 heteroatoms. The Balaban J connectivity index is 1.47. The van der Waals surface area contributed by atoms with Crippen molar-refractivity contribution >= 4 is 17.0 Å². The molecule has 1 unspecified atom stereocenters. The van der Waals surface area contributed by atoms with Gasteiger partial charge in [0, 0.05) is 29.9 Å². The third kappa shape index (κ3) is 2.77. The monoisotopic (exact) mass is 347 g/mol. The van der Waals surface area contributed by atoms with Crippen LogP contribution in [-0.2, 0) is 0 Å². The van der Waals surface area contributed by atoms with Crippen LogP contribution in [0.25, 0.3) is 11.1 Å². The lowest BCUT2D eigenvalue weighted by Gasteiger charge is -2.33. The van der Waals surface area contributed by atoms with E-state index >= 15 is 0 Å². The normalized spacial score (nSPS) is 20.5. The van der Waals surface area contributed by atoms with Gasteiger partial charge in [-0.3, -0.25) is 9.78 Å². The Labute approximate surface area is 152 Å². The molecular weight excluding hydrogens is 326 g/mol. The first-order chi connectivity index (χ1) is 12.8. The lowest BCUT2D eigenvalue weighted by atomic mass is 10.0. The first kappa shape index (κ1) is 15.6. The van der Waals surface area contributed by atoms with E-state index in [4.69, 9.17) is 4.42 Å². The first-order valence-corrected chi connectivity index (χ1v) is 9.42. The molecular formula is C21H21N3O2. The fourth-order valence-electron chi connectivity index (χ4n) is 3.81. The minimum atomic E-state index is -0.0961. The van der Waals surface area contributed by atoms with Crippen molar-refractivity contribution in [1.82, 2.24) is 14.9 Å². The van der Waals surface area contributed by atoms with Crippen molar-refractivity contribution in [2.24, 2.45) is 0 Å². The smallest absolute Gasteiger partial charge is 0.254 e. The van der Waals surface area contributed by atoms with Crippen LogP contribution in [0.1, 0.15) is 66.0 Å². The van der Waals surface area contributed by atoms with Crippen LogP contribution in [0.3, 0.4) is 0 Å². The number of aromatic nitrogens is 2. The van der Waals surface area contributed by atoms with E-state index in [1.807, 2.05) is 41.3 Å². The Morgan fingerprint density at radius 1 is 1.12 bits per heavy atom. The van der Waals surface area contributed by atoms with E-state index in [-0.39, 0.29) is 11.9 Å². The maximum atomic E-state index is 13.2. The molecule has 1 saturated heterocycles. The summed E-state index contributed by atoms with van der Waals surface area (Å²) in [4.78, 5) is 24.2. The number of pyridine rings is 1. The number of carbonyl (C=O) groups is 1. The van der Waals surface area contributed by atoms with Crippen LogP contribution in [0.5, 0.6) is 0 Å². The number of fused-ring (bicyclic) bond motifs is 1. The Kier molecular flexibility index (Phi) is 3.73. The summed E-state index contributed by atoms with van der Waals surface area (Å²) in [6.45, 7) is 0.739. The summed E-state index contributed by atoms with van der Waals surface area (Å²) in [6, 6.07) is 11.5. The molecule has 0 bridgehead atoms. The fraction of sp³-hybridized carbons (Fsp3) is 0.381. The quantitative estimate of drug-likeness (QED) is 0.701. The second kappa shape index (κ2) is 6.24. The van der Waals surface area contributed by atoms with Gasteiger partial charge in [-0.25, -0.2) is 4.98 Å². The van der Waals surface area contributed by atoms with Gasteiger partial charge in [0.15, 0.2) is 5.58 Å². The Bertz CT molecular complexity index is 928. The number of likely N-dealkylation sites (tertiary alicyclic amines) is 1. The molecule has 1 atom stereocenters. The highest BCUT2D eigenvalue weighted by molar-refractivity contribution is 5.94. The van der Waals surface area contributed by atoms with Gasteiger partial charge in [0.25, 0.3) is 5.91 Å². The standard InChI is InChI=1S/C21H21N3O2/c25-21(15-10-11-22-17(13-15)14-8-9-14)24-12-4-3-6-18(24)20-23-16-5-1-2-7-19(16)26-20/h1-2,5,7,10-11,13-14,18H,3-4,6,8-9,12H2. The average molecular weight is 347 g/mol. The van der Waals surface area contributed by atoms with E-state index in [0.717, 1.165) is 48.2 Å². The SMILES string of the molecule is O=C(c1ccnc(C2CC2)c1)N1CCCCC1c1nc2ccccc2o1. The second-order valence-electron chi connectivity index (χ2n) is 7.27. The number of para-hydroxylation sites is 2. The average Bonchev–Trinajstić information content (AvgIpc) is 3.46. The Hall–Kier alpha value is -2.69. The number of rotatable bonds is 3. The summed E-state index contributed by atoms with van der Waals surface area (Å²) in [5, 5.41) is 0. The molecule has 5 rings (SSSR count). The van der Waals surface area contributed by atoms with E-state index in [1.54, 1.807) is 6.20 Å². The maximum Gasteiger partial charge on any atom is 0.254 e. The van der Waals surface area contributed by atoms with Crippen LogP contribution in [-0.4, -0.2) is 27.3 Å². The number of piperidine rings is 1. The molecule has 1 aliphatic heterocycles. The molecule has 0 radical (unpaired) electrons. The first-order valence-electron chi connectivity index (χ1n) is 9.42. The number of hydrogen-bond acceptors (Lipinski definition) is 4. The minimum absolute atomic E-state index is 0.0567. The number of carbonyl (C=O) groups excluding carboxylic acids is 1. The zero-order valence-corrected chi connectivity index (χ0v) is 14.6. The highest BCUT2D eigenvalue weighted by Gasteiger charge is 2.33. The summed E-state index contributed by atoms with van der Waals surface area (Å²) in [6.07, 6.45) is 7.11. The van der Waals surface area contributed by atoms with E-state index in [1.165, 1.54) is 12.8 Å². The molecule has 0 N–H and O–H groups in total. The van der Waals surface area contributed by atoms with Gasteiger partial charge in [0.05, 0.1) is 0 Å². The van der Waals surface area contributed by atoms with E-state index in [9.17, 15) is 4.79 Å². The zero-order valence-electron chi connectivity index (χ0n) is 14.6. The number of benzene rings is 1. The highest BCUT2D eigenvalue weighted by atomic mass is 16.3. The third-order valence-electron chi connectivity index (χ3n) is 5.38. The van der Waals surface area contributed by atoms with E-state index in [0.29, 0.717) is 11.8 Å². The maximum absolute atomic E-state index is 13.2. The molecule has 132 valence electrons. The number of hydrogen-bond donors (Lipinski definition) is 0. The predicted molar refractivity (Wildman–Crippen MR) is 97.8 cm³/mol. The molecule has 26 heavy (non-hydrogen) atoms. The fourth-order valence-corrected chi connectivity index (χ4v) is 3.81. The van der Waals surface area contributed by atoms with Crippen LogP contribution in [0, 0.1) is 0 Å². The second-order valence-corrected chi connectivity index (χ2v) is 7.27. The van der Waals surface area contributed by atoms with Gasteiger partial charge < -0.3 is 9.32 Å². The van der Waals surface area contributed by atoms with Crippen LogP contribution >= 0.6 is 0 Å². The predicted octanol–water partition coefficient (Wildman–Crippen LogP) is 4.47. The minimum Gasteiger partial charge on any atom is -0.438 e. The molecule has 3 heterocycles. The van der Waals surface area contributed by atoms with Gasteiger partial charge in [-0.05, 0) is 56.4 Å². The topological polar surface area (TPSA) is 59.2 Å². The van der Waals surface area contributed by atoms with Gasteiger partial charge in [0.1, 0.15) is 11.6 Å². The Morgan fingerprint density at radius 3 is 2.85 bits per heavy atom. The molecule has 0 spiro atoms. The molecule has 2 aromatic heterocycles. The van der Waals surface area contributed by atoms with Gasteiger partial charge in [-0.2, -0.15) is 0 Å². The molecule has 1 aromatic carbocycles.